The van der Waals surface area contributed by atoms with Crippen molar-refractivity contribution in [3.05, 3.63) is 65.0 Å². The summed E-state index contributed by atoms with van der Waals surface area (Å²) in [4.78, 5) is 25.6. The first-order valence-electron chi connectivity index (χ1n) is 8.78. The van der Waals surface area contributed by atoms with Crippen molar-refractivity contribution in [2.75, 3.05) is 31.1 Å². The lowest BCUT2D eigenvalue weighted by atomic mass is 10.1. The summed E-state index contributed by atoms with van der Waals surface area (Å²) in [6, 6.07) is 9.74. The van der Waals surface area contributed by atoms with Crippen molar-refractivity contribution < 1.29 is 9.18 Å². The van der Waals surface area contributed by atoms with Gasteiger partial charge in [0, 0.05) is 54.6 Å². The number of piperazine rings is 1. The zero-order valence-corrected chi connectivity index (χ0v) is 15.7. The van der Waals surface area contributed by atoms with Crippen LogP contribution in [-0.2, 0) is 0 Å². The Morgan fingerprint density at radius 3 is 2.41 bits per heavy atom. The fourth-order valence-corrected chi connectivity index (χ4v) is 3.89. The maximum Gasteiger partial charge on any atom is 0.253 e. The van der Waals surface area contributed by atoms with Crippen LogP contribution in [0.25, 0.3) is 10.6 Å². The highest BCUT2D eigenvalue weighted by molar-refractivity contribution is 7.13. The van der Waals surface area contributed by atoms with Crippen molar-refractivity contribution in [1.29, 1.82) is 0 Å². The summed E-state index contributed by atoms with van der Waals surface area (Å²) in [5, 5.41) is 3.00. The minimum atomic E-state index is -0.334. The number of nitrogens with zero attached hydrogens (tertiary/aromatic N) is 4. The van der Waals surface area contributed by atoms with Gasteiger partial charge in [0.05, 0.1) is 0 Å². The second-order valence-corrected chi connectivity index (χ2v) is 7.34. The van der Waals surface area contributed by atoms with Crippen LogP contribution in [0.2, 0.25) is 0 Å². The molecule has 0 N–H and O–H groups in total. The van der Waals surface area contributed by atoms with E-state index in [4.69, 9.17) is 0 Å². The quantitative estimate of drug-likeness (QED) is 0.694. The van der Waals surface area contributed by atoms with E-state index in [2.05, 4.69) is 14.9 Å². The average molecular weight is 382 g/mol. The van der Waals surface area contributed by atoms with Crippen molar-refractivity contribution in [2.45, 2.75) is 6.92 Å². The highest BCUT2D eigenvalue weighted by Crippen LogP contribution is 2.24. The summed E-state index contributed by atoms with van der Waals surface area (Å²) >= 11 is 1.61. The van der Waals surface area contributed by atoms with Crippen LogP contribution in [0.15, 0.2) is 48.0 Å². The van der Waals surface area contributed by atoms with E-state index in [1.54, 1.807) is 16.2 Å². The van der Waals surface area contributed by atoms with Crippen LogP contribution in [0.1, 0.15) is 16.1 Å². The summed E-state index contributed by atoms with van der Waals surface area (Å²) in [5.74, 6) is 0.511. The molecule has 27 heavy (non-hydrogen) atoms. The molecule has 0 radical (unpaired) electrons. The number of carbonyl (C=O) groups excluding carboxylic acids is 1. The first-order chi connectivity index (χ1) is 13.1. The van der Waals surface area contributed by atoms with Crippen LogP contribution in [0, 0.1) is 12.7 Å². The normalized spacial score (nSPS) is 14.4. The summed E-state index contributed by atoms with van der Waals surface area (Å²) in [5.41, 5.74) is 2.55. The molecule has 1 aromatic carbocycles. The van der Waals surface area contributed by atoms with Gasteiger partial charge in [-0.15, -0.1) is 11.3 Å². The monoisotopic (exact) mass is 382 g/mol. The summed E-state index contributed by atoms with van der Waals surface area (Å²) in [7, 11) is 0. The number of anilines is 1. The van der Waals surface area contributed by atoms with Crippen LogP contribution in [0.5, 0.6) is 0 Å². The van der Waals surface area contributed by atoms with E-state index >= 15 is 0 Å². The molecule has 2 aromatic heterocycles. The van der Waals surface area contributed by atoms with E-state index in [1.165, 1.54) is 24.3 Å². The van der Waals surface area contributed by atoms with Crippen LogP contribution >= 0.6 is 11.3 Å². The van der Waals surface area contributed by atoms with Crippen LogP contribution < -0.4 is 4.90 Å². The lowest BCUT2D eigenvalue weighted by Crippen LogP contribution is -2.49. The Kier molecular flexibility index (Phi) is 4.85. The van der Waals surface area contributed by atoms with Gasteiger partial charge in [-0.25, -0.2) is 14.4 Å². The second-order valence-electron chi connectivity index (χ2n) is 6.49. The molecule has 0 unspecified atom stereocenters. The molecule has 3 aromatic rings. The number of aromatic nitrogens is 2. The lowest BCUT2D eigenvalue weighted by molar-refractivity contribution is 0.0746. The fraction of sp³-hybridized carbons (Fsp3) is 0.250. The van der Waals surface area contributed by atoms with E-state index in [9.17, 15) is 9.18 Å². The standard InChI is InChI=1S/C20H19FN4OS/c1-14-13-27-19(23-14)16-4-7-18(22-12-16)24-8-10-25(11-9-24)20(26)15-2-5-17(21)6-3-15/h2-7,12-13H,8-11H2,1H3. The highest BCUT2D eigenvalue weighted by Gasteiger charge is 2.23. The van der Waals surface area contributed by atoms with E-state index in [-0.39, 0.29) is 11.7 Å². The molecule has 1 aliphatic heterocycles. The molecule has 7 heteroatoms. The first kappa shape index (κ1) is 17.6. The third-order valence-electron chi connectivity index (χ3n) is 4.60. The molecule has 4 rings (SSSR count). The number of thiazole rings is 1. The topological polar surface area (TPSA) is 49.3 Å². The second kappa shape index (κ2) is 7.44. The Labute approximate surface area is 161 Å². The summed E-state index contributed by atoms with van der Waals surface area (Å²) in [6.45, 7) is 4.65. The van der Waals surface area contributed by atoms with Gasteiger partial charge in [0.1, 0.15) is 16.6 Å². The maximum atomic E-state index is 13.0. The van der Waals surface area contributed by atoms with Crippen molar-refractivity contribution in [3.8, 4) is 10.6 Å². The van der Waals surface area contributed by atoms with Crippen LogP contribution in [-0.4, -0.2) is 47.0 Å². The molecule has 138 valence electrons. The van der Waals surface area contributed by atoms with E-state index in [1.807, 2.05) is 30.6 Å². The Morgan fingerprint density at radius 2 is 1.81 bits per heavy atom. The predicted octanol–water partition coefficient (Wildman–Crippen LogP) is 3.62. The van der Waals surface area contributed by atoms with Crippen molar-refractivity contribution in [1.82, 2.24) is 14.9 Å². The van der Waals surface area contributed by atoms with Crippen molar-refractivity contribution in [2.24, 2.45) is 0 Å². The zero-order valence-electron chi connectivity index (χ0n) is 14.9. The molecule has 0 saturated carbocycles. The minimum absolute atomic E-state index is 0.0582. The minimum Gasteiger partial charge on any atom is -0.353 e. The van der Waals surface area contributed by atoms with Crippen molar-refractivity contribution >= 4 is 23.1 Å². The Balaban J connectivity index is 1.39. The predicted molar refractivity (Wildman–Crippen MR) is 105 cm³/mol. The Morgan fingerprint density at radius 1 is 1.07 bits per heavy atom. The molecule has 0 spiro atoms. The van der Waals surface area contributed by atoms with Crippen molar-refractivity contribution in [3.63, 3.8) is 0 Å². The molecular formula is C20H19FN4OS. The third-order valence-corrected chi connectivity index (χ3v) is 5.61. The number of pyridine rings is 1. The molecular weight excluding hydrogens is 363 g/mol. The smallest absolute Gasteiger partial charge is 0.253 e. The van der Waals surface area contributed by atoms with E-state index in [0.29, 0.717) is 18.7 Å². The third kappa shape index (κ3) is 3.83. The van der Waals surface area contributed by atoms with E-state index in [0.717, 1.165) is 35.2 Å². The zero-order chi connectivity index (χ0) is 18.8. The summed E-state index contributed by atoms with van der Waals surface area (Å²) in [6.07, 6.45) is 1.85. The van der Waals surface area contributed by atoms with Crippen LogP contribution in [0.3, 0.4) is 0 Å². The number of carbonyl (C=O) groups is 1. The maximum absolute atomic E-state index is 13.0. The molecule has 0 atom stereocenters. The van der Waals surface area contributed by atoms with Gasteiger partial charge in [0.2, 0.25) is 0 Å². The molecule has 5 nitrogen and oxygen atoms in total. The number of benzene rings is 1. The highest BCUT2D eigenvalue weighted by atomic mass is 32.1. The number of amides is 1. The Bertz CT molecular complexity index is 931. The molecule has 3 heterocycles. The number of rotatable bonds is 3. The number of aryl methyl sites for hydroxylation is 1. The Hall–Kier alpha value is -2.80. The van der Waals surface area contributed by atoms with Gasteiger partial charge in [-0.3, -0.25) is 4.79 Å². The molecule has 1 amide bonds. The SMILES string of the molecule is Cc1csc(-c2ccc(N3CCN(C(=O)c4ccc(F)cc4)CC3)nc2)n1. The molecule has 0 bridgehead atoms. The number of hydrogen-bond acceptors (Lipinski definition) is 5. The number of halogens is 1. The lowest BCUT2D eigenvalue weighted by Gasteiger charge is -2.35. The van der Waals surface area contributed by atoms with Gasteiger partial charge in [-0.2, -0.15) is 0 Å². The first-order valence-corrected chi connectivity index (χ1v) is 9.66. The fourth-order valence-electron chi connectivity index (χ4n) is 3.10. The van der Waals surface area contributed by atoms with Gasteiger partial charge in [-0.05, 0) is 43.3 Å². The largest absolute Gasteiger partial charge is 0.353 e. The van der Waals surface area contributed by atoms with Gasteiger partial charge < -0.3 is 9.80 Å². The number of hydrogen-bond donors (Lipinski definition) is 0. The van der Waals surface area contributed by atoms with Gasteiger partial charge in [0.25, 0.3) is 5.91 Å². The van der Waals surface area contributed by atoms with Gasteiger partial charge in [-0.1, -0.05) is 0 Å². The van der Waals surface area contributed by atoms with Gasteiger partial charge in [0.15, 0.2) is 0 Å². The molecule has 1 saturated heterocycles. The van der Waals surface area contributed by atoms with Gasteiger partial charge >= 0.3 is 0 Å². The molecule has 1 fully saturated rings. The molecule has 1 aliphatic rings. The molecule has 0 aliphatic carbocycles. The van der Waals surface area contributed by atoms with Crippen LogP contribution in [0.4, 0.5) is 10.2 Å². The van der Waals surface area contributed by atoms with E-state index < -0.39 is 0 Å². The average Bonchev–Trinajstić information content (AvgIpc) is 3.15. The summed E-state index contributed by atoms with van der Waals surface area (Å²) < 4.78 is 13.0.